The average molecular weight is 361 g/mol. The molecule has 1 aliphatic rings. The zero-order valence-corrected chi connectivity index (χ0v) is 14.8. The molecule has 2 aromatic rings. The maximum atomic E-state index is 12.0. The van der Waals surface area contributed by atoms with Crippen LogP contribution >= 0.6 is 12.2 Å². The van der Waals surface area contributed by atoms with Crippen LogP contribution in [0.1, 0.15) is 0 Å². The Morgan fingerprint density at radius 3 is 2.48 bits per heavy atom. The highest BCUT2D eigenvalue weighted by molar-refractivity contribution is 7.96. The number of urea groups is 1. The Morgan fingerprint density at radius 1 is 1.12 bits per heavy atom. The lowest BCUT2D eigenvalue weighted by Crippen LogP contribution is -2.29. The number of ether oxygens (including phenoxy) is 1. The Hall–Kier alpha value is -2.58. The van der Waals surface area contributed by atoms with E-state index >= 15 is 0 Å². The number of carbonyl (C=O) groups excluding carboxylic acids is 1. The van der Waals surface area contributed by atoms with Crippen LogP contribution in [0.25, 0.3) is 0 Å². The third kappa shape index (κ3) is 3.92. The number of amides is 2. The number of likely N-dealkylation sites (N-methyl/N-ethyl adjacent to an activating group) is 1. The van der Waals surface area contributed by atoms with Crippen LogP contribution in [-0.4, -0.2) is 43.4 Å². The molecule has 0 saturated carbocycles. The number of anilines is 2. The summed E-state index contributed by atoms with van der Waals surface area (Å²) < 4.78 is 11.5. The standard InChI is InChI=1S/C17H19N3O4S/c1-18-10-11-19(17(18)21)13-6-8-14(9-7-13)20(22)25-24-16-5-3-4-15(12-16)23-2/h3-9,12,22H,10-11H2,1-2H3. The van der Waals surface area contributed by atoms with Crippen LogP contribution in [0.2, 0.25) is 0 Å². The molecule has 0 spiro atoms. The van der Waals surface area contributed by atoms with Crippen LogP contribution in [0.15, 0.2) is 48.5 Å². The molecule has 0 radical (unpaired) electrons. The van der Waals surface area contributed by atoms with E-state index in [2.05, 4.69) is 0 Å². The van der Waals surface area contributed by atoms with Crippen molar-refractivity contribution in [1.29, 1.82) is 0 Å². The van der Waals surface area contributed by atoms with Crippen molar-refractivity contribution in [3.05, 3.63) is 48.5 Å². The Morgan fingerprint density at radius 2 is 1.84 bits per heavy atom. The zero-order chi connectivity index (χ0) is 17.8. The third-order valence-electron chi connectivity index (χ3n) is 3.84. The second-order valence-electron chi connectivity index (χ2n) is 5.48. The summed E-state index contributed by atoms with van der Waals surface area (Å²) >= 11 is 0.785. The van der Waals surface area contributed by atoms with Gasteiger partial charge >= 0.3 is 6.03 Å². The number of hydrogen-bond donors (Lipinski definition) is 1. The van der Waals surface area contributed by atoms with Gasteiger partial charge < -0.3 is 13.8 Å². The van der Waals surface area contributed by atoms with Gasteiger partial charge in [0.2, 0.25) is 12.2 Å². The van der Waals surface area contributed by atoms with Crippen LogP contribution in [0.5, 0.6) is 11.5 Å². The molecule has 8 heteroatoms. The van der Waals surface area contributed by atoms with Crippen molar-refractivity contribution in [3.8, 4) is 11.5 Å². The lowest BCUT2D eigenvalue weighted by Gasteiger charge is -2.18. The molecule has 0 bridgehead atoms. The average Bonchev–Trinajstić information content (AvgIpc) is 2.99. The van der Waals surface area contributed by atoms with Gasteiger partial charge in [0.15, 0.2) is 0 Å². The maximum Gasteiger partial charge on any atom is 0.324 e. The maximum absolute atomic E-state index is 12.0. The molecule has 1 N–H and O–H groups in total. The second kappa shape index (κ2) is 7.54. The predicted octanol–water partition coefficient (Wildman–Crippen LogP) is 3.40. The fraction of sp³-hybridized carbons (Fsp3) is 0.235. The minimum Gasteiger partial charge on any atom is -0.497 e. The van der Waals surface area contributed by atoms with Gasteiger partial charge in [0.25, 0.3) is 0 Å². The highest BCUT2D eigenvalue weighted by Crippen LogP contribution is 2.28. The molecule has 1 saturated heterocycles. The molecular formula is C17H19N3O4S. The van der Waals surface area contributed by atoms with E-state index in [0.717, 1.165) is 22.4 Å². The molecule has 1 fully saturated rings. The van der Waals surface area contributed by atoms with Gasteiger partial charge in [0, 0.05) is 31.9 Å². The minimum absolute atomic E-state index is 0.0238. The Balaban J connectivity index is 1.60. The van der Waals surface area contributed by atoms with Crippen molar-refractivity contribution in [2.75, 3.05) is 36.6 Å². The van der Waals surface area contributed by atoms with Crippen LogP contribution in [-0.2, 0) is 0 Å². The fourth-order valence-corrected chi connectivity index (χ4v) is 2.89. The normalized spacial score (nSPS) is 14.0. The number of benzene rings is 2. The molecule has 2 amide bonds. The molecule has 0 aliphatic carbocycles. The van der Waals surface area contributed by atoms with E-state index in [9.17, 15) is 10.0 Å². The highest BCUT2D eigenvalue weighted by atomic mass is 32.2. The van der Waals surface area contributed by atoms with Crippen molar-refractivity contribution in [1.82, 2.24) is 4.90 Å². The van der Waals surface area contributed by atoms with Crippen molar-refractivity contribution in [3.63, 3.8) is 0 Å². The van der Waals surface area contributed by atoms with E-state index in [4.69, 9.17) is 8.92 Å². The molecule has 0 unspecified atom stereocenters. The van der Waals surface area contributed by atoms with Crippen molar-refractivity contribution in [2.24, 2.45) is 0 Å². The topological polar surface area (TPSA) is 65.5 Å². The first-order valence-corrected chi connectivity index (χ1v) is 8.39. The molecular weight excluding hydrogens is 342 g/mol. The van der Waals surface area contributed by atoms with Gasteiger partial charge in [-0.3, -0.25) is 10.1 Å². The first kappa shape index (κ1) is 17.2. The fourth-order valence-electron chi connectivity index (χ4n) is 2.42. The first-order chi connectivity index (χ1) is 12.1. The predicted molar refractivity (Wildman–Crippen MR) is 97.3 cm³/mol. The Bertz CT molecular complexity index is 741. The van der Waals surface area contributed by atoms with Gasteiger partial charge in [-0.05, 0) is 36.4 Å². The molecule has 7 nitrogen and oxygen atoms in total. The highest BCUT2D eigenvalue weighted by Gasteiger charge is 2.26. The zero-order valence-electron chi connectivity index (χ0n) is 14.0. The van der Waals surface area contributed by atoms with Gasteiger partial charge in [-0.2, -0.15) is 4.47 Å². The number of nitrogens with zero attached hydrogens (tertiary/aromatic N) is 3. The third-order valence-corrected chi connectivity index (χ3v) is 4.46. The molecule has 25 heavy (non-hydrogen) atoms. The van der Waals surface area contributed by atoms with E-state index in [1.54, 1.807) is 66.4 Å². The summed E-state index contributed by atoms with van der Waals surface area (Å²) in [5.74, 6) is 1.23. The lowest BCUT2D eigenvalue weighted by molar-refractivity contribution is 0.229. The molecule has 2 aromatic carbocycles. The van der Waals surface area contributed by atoms with E-state index in [1.165, 1.54) is 0 Å². The van der Waals surface area contributed by atoms with Crippen LogP contribution in [0, 0.1) is 0 Å². The smallest absolute Gasteiger partial charge is 0.324 e. The summed E-state index contributed by atoms with van der Waals surface area (Å²) in [7, 11) is 3.35. The molecule has 0 atom stereocenters. The summed E-state index contributed by atoms with van der Waals surface area (Å²) in [5.41, 5.74) is 1.34. The summed E-state index contributed by atoms with van der Waals surface area (Å²) in [6.07, 6.45) is 0. The number of rotatable bonds is 6. The van der Waals surface area contributed by atoms with Crippen molar-refractivity contribution >= 4 is 29.6 Å². The summed E-state index contributed by atoms with van der Waals surface area (Å²) in [6.45, 7) is 1.36. The van der Waals surface area contributed by atoms with Crippen molar-refractivity contribution < 1.29 is 18.9 Å². The van der Waals surface area contributed by atoms with E-state index in [-0.39, 0.29) is 6.03 Å². The minimum atomic E-state index is -0.0238. The molecule has 3 rings (SSSR count). The lowest BCUT2D eigenvalue weighted by atomic mass is 10.2. The second-order valence-corrected chi connectivity index (χ2v) is 6.14. The van der Waals surface area contributed by atoms with Gasteiger partial charge in [0.1, 0.15) is 11.5 Å². The van der Waals surface area contributed by atoms with E-state index < -0.39 is 0 Å². The van der Waals surface area contributed by atoms with Crippen LogP contribution in [0.3, 0.4) is 0 Å². The van der Waals surface area contributed by atoms with Crippen molar-refractivity contribution in [2.45, 2.75) is 0 Å². The SMILES string of the molecule is COc1cccc(OSN(O)c2ccc(N3CCN(C)C3=O)cc2)c1. The Labute approximate surface area is 150 Å². The van der Waals surface area contributed by atoms with Crippen LogP contribution < -0.4 is 18.3 Å². The largest absolute Gasteiger partial charge is 0.497 e. The Kier molecular flexibility index (Phi) is 5.20. The van der Waals surface area contributed by atoms with Gasteiger partial charge in [0.05, 0.1) is 12.8 Å². The molecule has 132 valence electrons. The number of hydrogen-bond acceptors (Lipinski definition) is 6. The van der Waals surface area contributed by atoms with Gasteiger partial charge in [-0.1, -0.05) is 6.07 Å². The molecule has 1 aliphatic heterocycles. The molecule has 1 heterocycles. The van der Waals surface area contributed by atoms with E-state index in [1.807, 2.05) is 6.07 Å². The molecule has 0 aromatic heterocycles. The van der Waals surface area contributed by atoms with Crippen LogP contribution in [0.4, 0.5) is 16.2 Å². The quantitative estimate of drug-likeness (QED) is 0.483. The summed E-state index contributed by atoms with van der Waals surface area (Å²) in [6, 6.07) is 14.1. The van der Waals surface area contributed by atoms with E-state index in [0.29, 0.717) is 30.3 Å². The van der Waals surface area contributed by atoms with Gasteiger partial charge in [-0.25, -0.2) is 4.79 Å². The van der Waals surface area contributed by atoms with Gasteiger partial charge in [-0.15, -0.1) is 0 Å². The number of carbonyl (C=O) groups is 1. The number of methoxy groups -OCH3 is 1. The summed E-state index contributed by atoms with van der Waals surface area (Å²) in [4.78, 5) is 15.4. The first-order valence-electron chi connectivity index (χ1n) is 7.69. The monoisotopic (exact) mass is 361 g/mol. The summed E-state index contributed by atoms with van der Waals surface area (Å²) in [5, 5.41) is 10.1.